The van der Waals surface area contributed by atoms with Crippen molar-refractivity contribution in [2.24, 2.45) is 0 Å². The van der Waals surface area contributed by atoms with Gasteiger partial charge in [-0.2, -0.15) is 0 Å². The van der Waals surface area contributed by atoms with Crippen LogP contribution in [-0.2, 0) is 4.79 Å². The molecule has 144 valence electrons. The van der Waals surface area contributed by atoms with Crippen molar-refractivity contribution in [2.75, 3.05) is 5.32 Å². The Balaban J connectivity index is 1.59. The largest absolute Gasteiger partial charge is 0.301 e. The average molecular weight is 417 g/mol. The fourth-order valence-corrected chi connectivity index (χ4v) is 4.90. The molecule has 0 spiro atoms. The first-order valence-electron chi connectivity index (χ1n) is 9.31. The van der Waals surface area contributed by atoms with Gasteiger partial charge in [0.2, 0.25) is 5.91 Å². The van der Waals surface area contributed by atoms with Crippen LogP contribution >= 0.6 is 23.1 Å². The summed E-state index contributed by atoms with van der Waals surface area (Å²) in [4.78, 5) is 20.0. The minimum atomic E-state index is -0.358. The Hall–Kier alpha value is -2.89. The van der Waals surface area contributed by atoms with Gasteiger partial charge in [-0.15, -0.1) is 23.1 Å². The lowest BCUT2D eigenvalue weighted by atomic mass is 10.1. The number of benzene rings is 3. The minimum absolute atomic E-state index is 0.0709. The fraction of sp³-hybridized carbons (Fsp3) is 0.0833. The highest BCUT2D eigenvalue weighted by atomic mass is 32.2. The molecular weight excluding hydrogens is 396 g/mol. The number of hydrogen-bond donors (Lipinski definition) is 1. The van der Waals surface area contributed by atoms with Gasteiger partial charge in [-0.05, 0) is 24.6 Å². The molecule has 1 aromatic heterocycles. The van der Waals surface area contributed by atoms with Gasteiger partial charge in [0.1, 0.15) is 5.25 Å². The third-order valence-electron chi connectivity index (χ3n) is 4.41. The van der Waals surface area contributed by atoms with Crippen LogP contribution in [0, 0.1) is 6.92 Å². The Morgan fingerprint density at radius 2 is 1.48 bits per heavy atom. The fourth-order valence-electron chi connectivity index (χ4n) is 3.02. The molecule has 3 nitrogen and oxygen atoms in total. The Labute approximate surface area is 178 Å². The maximum absolute atomic E-state index is 13.2. The van der Waals surface area contributed by atoms with Crippen molar-refractivity contribution in [3.8, 4) is 11.3 Å². The number of carbonyl (C=O) groups excluding carboxylic acids is 1. The molecule has 4 aromatic rings. The molecular formula is C24H20N2OS2. The van der Waals surface area contributed by atoms with E-state index < -0.39 is 0 Å². The van der Waals surface area contributed by atoms with Crippen molar-refractivity contribution < 1.29 is 4.79 Å². The predicted octanol–water partition coefficient (Wildman–Crippen LogP) is 6.59. The summed E-state index contributed by atoms with van der Waals surface area (Å²) in [6, 6.07) is 29.9. The number of amides is 1. The van der Waals surface area contributed by atoms with Crippen LogP contribution in [0.25, 0.3) is 11.3 Å². The second kappa shape index (κ2) is 9.07. The van der Waals surface area contributed by atoms with Crippen molar-refractivity contribution in [3.05, 3.63) is 101 Å². The number of nitrogens with one attached hydrogen (secondary N) is 1. The molecule has 0 saturated heterocycles. The molecule has 0 bridgehead atoms. The predicted molar refractivity (Wildman–Crippen MR) is 122 cm³/mol. The summed E-state index contributed by atoms with van der Waals surface area (Å²) in [7, 11) is 0. The van der Waals surface area contributed by atoms with Crippen LogP contribution in [-0.4, -0.2) is 10.9 Å². The maximum atomic E-state index is 13.2. The van der Waals surface area contributed by atoms with Crippen molar-refractivity contribution in [1.29, 1.82) is 0 Å². The molecule has 0 aliphatic carbocycles. The monoisotopic (exact) mass is 416 g/mol. The molecule has 1 atom stereocenters. The lowest BCUT2D eigenvalue weighted by Gasteiger charge is -2.16. The molecule has 3 aromatic carbocycles. The number of carbonyl (C=O) groups is 1. The lowest BCUT2D eigenvalue weighted by Crippen LogP contribution is -2.18. The second-order valence-corrected chi connectivity index (χ2v) is 8.88. The highest BCUT2D eigenvalue weighted by molar-refractivity contribution is 8.00. The third kappa shape index (κ3) is 4.75. The van der Waals surface area contributed by atoms with Crippen LogP contribution in [0.4, 0.5) is 5.13 Å². The normalized spacial score (nSPS) is 11.8. The molecule has 0 fully saturated rings. The van der Waals surface area contributed by atoms with Crippen molar-refractivity contribution in [2.45, 2.75) is 17.1 Å². The summed E-state index contributed by atoms with van der Waals surface area (Å²) in [5, 5.41) is 3.31. The van der Waals surface area contributed by atoms with E-state index in [0.29, 0.717) is 5.13 Å². The number of aryl methyl sites for hydroxylation is 1. The lowest BCUT2D eigenvalue weighted by molar-refractivity contribution is -0.115. The number of hydrogen-bond acceptors (Lipinski definition) is 4. The van der Waals surface area contributed by atoms with E-state index in [1.807, 2.05) is 97.9 Å². The van der Waals surface area contributed by atoms with Crippen LogP contribution in [0.5, 0.6) is 0 Å². The van der Waals surface area contributed by atoms with Gasteiger partial charge in [0.15, 0.2) is 5.13 Å². The van der Waals surface area contributed by atoms with E-state index in [9.17, 15) is 4.79 Å². The van der Waals surface area contributed by atoms with Crippen LogP contribution in [0.2, 0.25) is 0 Å². The van der Waals surface area contributed by atoms with Crippen molar-refractivity contribution >= 4 is 34.1 Å². The molecule has 1 heterocycles. The first-order valence-corrected chi connectivity index (χ1v) is 11.0. The topological polar surface area (TPSA) is 42.0 Å². The minimum Gasteiger partial charge on any atom is -0.301 e. The van der Waals surface area contributed by atoms with Gasteiger partial charge in [0.25, 0.3) is 0 Å². The van der Waals surface area contributed by atoms with Gasteiger partial charge >= 0.3 is 0 Å². The van der Waals surface area contributed by atoms with Crippen molar-refractivity contribution in [3.63, 3.8) is 0 Å². The van der Waals surface area contributed by atoms with Gasteiger partial charge in [-0.1, -0.05) is 78.9 Å². The second-order valence-electron chi connectivity index (χ2n) is 6.50. The molecule has 1 amide bonds. The summed E-state index contributed by atoms with van der Waals surface area (Å²) < 4.78 is 0. The molecule has 0 saturated carbocycles. The van der Waals surface area contributed by atoms with Crippen LogP contribution in [0.1, 0.15) is 15.7 Å². The zero-order valence-electron chi connectivity index (χ0n) is 15.9. The Morgan fingerprint density at radius 3 is 2.14 bits per heavy atom. The SMILES string of the molecule is Cc1sc(NC(=O)C(Sc2ccccc2)c2ccccc2)nc1-c1ccccc1. The van der Waals surface area contributed by atoms with Crippen LogP contribution in [0.3, 0.4) is 0 Å². The van der Waals surface area contributed by atoms with Crippen LogP contribution < -0.4 is 5.32 Å². The smallest absolute Gasteiger partial charge is 0.244 e. The molecule has 29 heavy (non-hydrogen) atoms. The molecule has 0 aliphatic heterocycles. The van der Waals surface area contributed by atoms with E-state index in [1.165, 1.54) is 11.3 Å². The summed E-state index contributed by atoms with van der Waals surface area (Å²) in [6.07, 6.45) is 0. The summed E-state index contributed by atoms with van der Waals surface area (Å²) in [5.74, 6) is -0.0709. The number of anilines is 1. The zero-order chi connectivity index (χ0) is 20.1. The van der Waals surface area contributed by atoms with Gasteiger partial charge in [0, 0.05) is 15.3 Å². The molecule has 1 N–H and O–H groups in total. The molecule has 4 rings (SSSR count). The summed E-state index contributed by atoms with van der Waals surface area (Å²) in [6.45, 7) is 2.03. The van der Waals surface area contributed by atoms with Gasteiger partial charge in [0.05, 0.1) is 5.69 Å². The summed E-state index contributed by atoms with van der Waals surface area (Å²) >= 11 is 3.05. The number of thiazole rings is 1. The number of nitrogens with zero attached hydrogens (tertiary/aromatic N) is 1. The highest BCUT2D eigenvalue weighted by Crippen LogP contribution is 2.37. The van der Waals surface area contributed by atoms with E-state index in [-0.39, 0.29) is 11.2 Å². The van der Waals surface area contributed by atoms with E-state index in [1.54, 1.807) is 11.8 Å². The summed E-state index contributed by atoms with van der Waals surface area (Å²) in [5.41, 5.74) is 2.94. The molecule has 1 unspecified atom stereocenters. The van der Waals surface area contributed by atoms with Gasteiger partial charge in [-0.3, -0.25) is 4.79 Å². The Bertz CT molecular complexity index is 1080. The quantitative estimate of drug-likeness (QED) is 0.361. The van der Waals surface area contributed by atoms with Crippen LogP contribution in [0.15, 0.2) is 95.9 Å². The van der Waals surface area contributed by atoms with E-state index in [0.717, 1.165) is 26.6 Å². The first-order chi connectivity index (χ1) is 14.2. The highest BCUT2D eigenvalue weighted by Gasteiger charge is 2.23. The molecule has 5 heteroatoms. The molecule has 0 radical (unpaired) electrons. The first kappa shape index (κ1) is 19.4. The van der Waals surface area contributed by atoms with E-state index >= 15 is 0 Å². The third-order valence-corrected chi connectivity index (χ3v) is 6.56. The van der Waals surface area contributed by atoms with E-state index in [4.69, 9.17) is 0 Å². The van der Waals surface area contributed by atoms with Crippen molar-refractivity contribution in [1.82, 2.24) is 4.98 Å². The zero-order valence-corrected chi connectivity index (χ0v) is 17.5. The van der Waals surface area contributed by atoms with Gasteiger partial charge < -0.3 is 5.32 Å². The van der Waals surface area contributed by atoms with Gasteiger partial charge in [-0.25, -0.2) is 4.98 Å². The standard InChI is InChI=1S/C24H20N2OS2/c1-17-21(18-11-5-2-6-12-18)25-24(28-17)26-23(27)22(19-13-7-3-8-14-19)29-20-15-9-4-10-16-20/h2-16,22H,1H3,(H,25,26,27). The maximum Gasteiger partial charge on any atom is 0.244 e. The average Bonchev–Trinajstić information content (AvgIpc) is 3.14. The Kier molecular flexibility index (Phi) is 6.08. The van der Waals surface area contributed by atoms with E-state index in [2.05, 4.69) is 10.3 Å². The number of thioether (sulfide) groups is 1. The Morgan fingerprint density at radius 1 is 0.897 bits per heavy atom. The number of rotatable bonds is 6. The number of aromatic nitrogens is 1. The molecule has 0 aliphatic rings.